The molecule has 0 radical (unpaired) electrons. The highest BCUT2D eigenvalue weighted by atomic mass is 16.6. The van der Waals surface area contributed by atoms with Gasteiger partial charge < -0.3 is 9.47 Å². The van der Waals surface area contributed by atoms with Crippen molar-refractivity contribution < 1.29 is 19.1 Å². The Morgan fingerprint density at radius 1 is 0.939 bits per heavy atom. The Hall–Kier alpha value is -0.940. The van der Waals surface area contributed by atoms with Gasteiger partial charge in [-0.05, 0) is 113 Å². The molecule has 0 saturated heterocycles. The molecular formula is C28H47NO4. The van der Waals surface area contributed by atoms with Gasteiger partial charge in [-0.2, -0.15) is 0 Å². The summed E-state index contributed by atoms with van der Waals surface area (Å²) in [5, 5.41) is 0. The summed E-state index contributed by atoms with van der Waals surface area (Å²) in [4.78, 5) is 27.0. The molecular weight excluding hydrogens is 414 g/mol. The van der Waals surface area contributed by atoms with Gasteiger partial charge in [0, 0.05) is 19.6 Å². The van der Waals surface area contributed by atoms with E-state index in [0.717, 1.165) is 50.0 Å². The van der Waals surface area contributed by atoms with E-state index in [9.17, 15) is 9.59 Å². The van der Waals surface area contributed by atoms with Crippen LogP contribution in [0.2, 0.25) is 0 Å². The molecule has 5 nitrogen and oxygen atoms in total. The Bertz CT molecular complexity index is 754. The fourth-order valence-electron chi connectivity index (χ4n) is 9.03. The molecule has 4 saturated carbocycles. The number of carbonyl (C=O) groups excluding carboxylic acids is 2. The lowest BCUT2D eigenvalue weighted by Crippen LogP contribution is -2.56. The number of hydrogen-bond acceptors (Lipinski definition) is 5. The summed E-state index contributed by atoms with van der Waals surface area (Å²) in [5.41, 5.74) is 0.232. The topological polar surface area (TPSA) is 55.8 Å². The van der Waals surface area contributed by atoms with Crippen LogP contribution in [0.3, 0.4) is 0 Å². The van der Waals surface area contributed by atoms with E-state index in [2.05, 4.69) is 20.8 Å². The predicted molar refractivity (Wildman–Crippen MR) is 130 cm³/mol. The number of methoxy groups -OCH3 is 1. The largest absolute Gasteiger partial charge is 0.458 e. The van der Waals surface area contributed by atoms with E-state index in [1.165, 1.54) is 32.1 Å². The van der Waals surface area contributed by atoms with Crippen LogP contribution in [0.1, 0.15) is 85.5 Å². The molecule has 4 aliphatic carbocycles. The van der Waals surface area contributed by atoms with Gasteiger partial charge in [-0.15, -0.1) is 0 Å². The average molecular weight is 462 g/mol. The molecule has 0 bridgehead atoms. The van der Waals surface area contributed by atoms with Crippen LogP contribution >= 0.6 is 0 Å². The summed E-state index contributed by atoms with van der Waals surface area (Å²) < 4.78 is 11.2. The fourth-order valence-corrected chi connectivity index (χ4v) is 9.03. The summed E-state index contributed by atoms with van der Waals surface area (Å²) >= 11 is 0. The number of ketones is 1. The van der Waals surface area contributed by atoms with E-state index in [4.69, 9.17) is 9.47 Å². The first-order valence-electron chi connectivity index (χ1n) is 13.4. The molecule has 4 rings (SSSR count). The van der Waals surface area contributed by atoms with Crippen LogP contribution < -0.4 is 0 Å². The van der Waals surface area contributed by atoms with Crippen molar-refractivity contribution in [2.75, 3.05) is 33.9 Å². The van der Waals surface area contributed by atoms with E-state index in [1.807, 2.05) is 18.9 Å². The lowest BCUT2D eigenvalue weighted by Gasteiger charge is -2.62. The average Bonchev–Trinajstić information content (AvgIpc) is 3.10. The van der Waals surface area contributed by atoms with Crippen molar-refractivity contribution in [2.24, 2.45) is 40.4 Å². The van der Waals surface area contributed by atoms with Gasteiger partial charge in [0.1, 0.15) is 11.4 Å². The van der Waals surface area contributed by atoms with Gasteiger partial charge >= 0.3 is 5.97 Å². The molecule has 0 amide bonds. The van der Waals surface area contributed by atoms with Gasteiger partial charge in [0.2, 0.25) is 0 Å². The quantitative estimate of drug-likeness (QED) is 0.493. The maximum Gasteiger partial charge on any atom is 0.320 e. The second-order valence-electron chi connectivity index (χ2n) is 12.8. The number of likely N-dealkylation sites (N-methyl/N-ethyl adjacent to an activating group) is 1. The smallest absolute Gasteiger partial charge is 0.320 e. The first-order valence-corrected chi connectivity index (χ1v) is 13.4. The second-order valence-corrected chi connectivity index (χ2v) is 12.8. The zero-order chi connectivity index (χ0) is 24.0. The van der Waals surface area contributed by atoms with E-state index in [1.54, 1.807) is 7.11 Å². The van der Waals surface area contributed by atoms with E-state index in [-0.39, 0.29) is 22.9 Å². The maximum atomic E-state index is 12.7. The van der Waals surface area contributed by atoms with Crippen LogP contribution in [-0.4, -0.2) is 56.1 Å². The van der Waals surface area contributed by atoms with Crippen molar-refractivity contribution in [1.82, 2.24) is 4.90 Å². The summed E-state index contributed by atoms with van der Waals surface area (Å²) in [5.74, 6) is 3.48. The molecule has 8 atom stereocenters. The van der Waals surface area contributed by atoms with Gasteiger partial charge in [-0.25, -0.2) is 0 Å². The molecule has 0 aromatic heterocycles. The summed E-state index contributed by atoms with van der Waals surface area (Å²) in [7, 11) is 3.63. The number of carbonyl (C=O) groups is 2. The van der Waals surface area contributed by atoms with Crippen LogP contribution in [0.15, 0.2) is 0 Å². The number of fused-ring (bicyclic) bond motifs is 5. The van der Waals surface area contributed by atoms with E-state index < -0.39 is 0 Å². The minimum atomic E-state index is -0.341. The Morgan fingerprint density at radius 3 is 2.36 bits per heavy atom. The van der Waals surface area contributed by atoms with Crippen LogP contribution in [0.25, 0.3) is 0 Å². The normalized spacial score (nSPS) is 44.6. The van der Waals surface area contributed by atoms with Crippen LogP contribution in [0.5, 0.6) is 0 Å². The standard InChI is InChI=1S/C28H47NO4/c1-19(30)22-9-10-23-21-8-7-20-17-26(2,33-25(31)18-29(5)15-16-32-6)13-14-27(20,3)24(21)11-12-28(22,23)4/h20-24H,7-18H2,1-6H3/t20?,21-,22+,23?,24?,26+,27-,28+/m0/s1. The first kappa shape index (κ1) is 25.2. The number of hydrogen-bond donors (Lipinski definition) is 0. The van der Waals surface area contributed by atoms with Crippen molar-refractivity contribution in [3.05, 3.63) is 0 Å². The molecule has 188 valence electrons. The first-order chi connectivity index (χ1) is 15.5. The highest BCUT2D eigenvalue weighted by Gasteiger charge is 2.61. The zero-order valence-electron chi connectivity index (χ0n) is 22.0. The molecule has 4 aliphatic rings. The maximum absolute atomic E-state index is 12.7. The molecule has 0 aromatic rings. The number of esters is 1. The molecule has 0 aliphatic heterocycles. The number of Topliss-reactive ketones (excluding diaryl/α,β-unsaturated/α-hetero) is 1. The Labute approximate surface area is 201 Å². The lowest BCUT2D eigenvalue weighted by molar-refractivity contribution is -0.181. The SMILES string of the molecule is COCCN(C)CC(=O)O[C@]1(C)CC[C@@]2(C)C(CC[C@@H]3C2CC[C@@]2(C)C3CC[C@@H]2C(C)=O)C1. The zero-order valence-corrected chi connectivity index (χ0v) is 22.0. The summed E-state index contributed by atoms with van der Waals surface area (Å²) in [6, 6.07) is 0. The highest BCUT2D eigenvalue weighted by molar-refractivity contribution is 5.79. The molecule has 0 heterocycles. The highest BCUT2D eigenvalue weighted by Crippen LogP contribution is 2.68. The molecule has 0 spiro atoms. The number of nitrogens with zero attached hydrogens (tertiary/aromatic N) is 1. The van der Waals surface area contributed by atoms with Crippen LogP contribution in [-0.2, 0) is 19.1 Å². The van der Waals surface area contributed by atoms with E-state index in [0.29, 0.717) is 30.3 Å². The molecule has 4 fully saturated rings. The summed E-state index contributed by atoms with van der Waals surface area (Å²) in [6.07, 6.45) is 10.5. The fraction of sp³-hybridized carbons (Fsp3) is 0.929. The molecule has 0 N–H and O–H groups in total. The van der Waals surface area contributed by atoms with Gasteiger partial charge in [-0.3, -0.25) is 14.5 Å². The minimum Gasteiger partial charge on any atom is -0.458 e. The van der Waals surface area contributed by atoms with Crippen LogP contribution in [0, 0.1) is 40.4 Å². The predicted octanol–water partition coefficient (Wildman–Crippen LogP) is 5.11. The third-order valence-corrected chi connectivity index (χ3v) is 10.9. The van der Waals surface area contributed by atoms with Crippen molar-refractivity contribution in [1.29, 1.82) is 0 Å². The third-order valence-electron chi connectivity index (χ3n) is 10.9. The number of rotatable bonds is 7. The summed E-state index contributed by atoms with van der Waals surface area (Å²) in [6.45, 7) is 10.6. The van der Waals surface area contributed by atoms with Crippen molar-refractivity contribution in [2.45, 2.75) is 91.1 Å². The Balaban J connectivity index is 1.41. The van der Waals surface area contributed by atoms with Gasteiger partial charge in [0.25, 0.3) is 0 Å². The van der Waals surface area contributed by atoms with E-state index >= 15 is 0 Å². The Kier molecular flexibility index (Phi) is 7.06. The monoisotopic (exact) mass is 461 g/mol. The van der Waals surface area contributed by atoms with Crippen LogP contribution in [0.4, 0.5) is 0 Å². The third kappa shape index (κ3) is 4.53. The minimum absolute atomic E-state index is 0.108. The molecule has 5 heteroatoms. The molecule has 33 heavy (non-hydrogen) atoms. The van der Waals surface area contributed by atoms with Gasteiger partial charge in [0.15, 0.2) is 0 Å². The van der Waals surface area contributed by atoms with Crippen molar-refractivity contribution >= 4 is 11.8 Å². The van der Waals surface area contributed by atoms with Crippen molar-refractivity contribution in [3.8, 4) is 0 Å². The number of ether oxygens (including phenoxy) is 2. The molecule has 3 unspecified atom stereocenters. The Morgan fingerprint density at radius 2 is 1.67 bits per heavy atom. The van der Waals surface area contributed by atoms with Gasteiger partial charge in [0.05, 0.1) is 13.2 Å². The van der Waals surface area contributed by atoms with Gasteiger partial charge in [-0.1, -0.05) is 13.8 Å². The lowest BCUT2D eigenvalue weighted by atomic mass is 9.44. The van der Waals surface area contributed by atoms with Crippen molar-refractivity contribution in [3.63, 3.8) is 0 Å². The molecule has 0 aromatic carbocycles. The second kappa shape index (κ2) is 9.26.